The molecular weight excluding hydrogens is 405 g/mol. The van der Waals surface area contributed by atoms with Crippen molar-refractivity contribution in [1.82, 2.24) is 19.9 Å². The van der Waals surface area contributed by atoms with Gasteiger partial charge in [-0.05, 0) is 31.2 Å². The number of halogens is 1. The fourth-order valence-corrected chi connectivity index (χ4v) is 3.83. The molecule has 154 valence electrons. The summed E-state index contributed by atoms with van der Waals surface area (Å²) >= 11 is 1.43. The third kappa shape index (κ3) is 4.25. The highest BCUT2D eigenvalue weighted by atomic mass is 32.1. The Bertz CT molecular complexity index is 1170. The van der Waals surface area contributed by atoms with Gasteiger partial charge in [-0.2, -0.15) is 4.98 Å². The van der Waals surface area contributed by atoms with Gasteiger partial charge < -0.3 is 15.4 Å². The van der Waals surface area contributed by atoms with Crippen LogP contribution in [0, 0.1) is 5.82 Å². The van der Waals surface area contributed by atoms with Crippen LogP contribution in [0.2, 0.25) is 0 Å². The Kier molecular flexibility index (Phi) is 5.89. The lowest BCUT2D eigenvalue weighted by Crippen LogP contribution is -2.30. The second-order valence-corrected chi connectivity index (χ2v) is 7.23. The standard InChI is InChI=1S/C21H20FN5O2S/c1-2-29-18-10-6-5-9-17(18)24-20(28)23-12-11-14-13-30-21-25-19(26-27(14)21)15-7-3-4-8-16(15)22/h3-10,13H,2,11-12H2,1H3,(H2,23,24,28). The largest absolute Gasteiger partial charge is 0.492 e. The number of ether oxygens (including phenoxy) is 1. The molecule has 0 aliphatic carbocycles. The molecule has 4 aromatic rings. The van der Waals surface area contributed by atoms with Crippen molar-refractivity contribution in [2.45, 2.75) is 13.3 Å². The SMILES string of the molecule is CCOc1ccccc1NC(=O)NCCc1csc2nc(-c3ccccc3F)nn12. The summed E-state index contributed by atoms with van der Waals surface area (Å²) in [4.78, 5) is 17.3. The molecule has 0 spiro atoms. The van der Waals surface area contributed by atoms with E-state index in [0.29, 0.717) is 47.4 Å². The number of amides is 2. The molecule has 0 radical (unpaired) electrons. The van der Waals surface area contributed by atoms with Crippen LogP contribution in [0.1, 0.15) is 12.6 Å². The molecule has 7 nitrogen and oxygen atoms in total. The van der Waals surface area contributed by atoms with E-state index in [1.54, 1.807) is 34.8 Å². The van der Waals surface area contributed by atoms with Crippen molar-refractivity contribution < 1.29 is 13.9 Å². The minimum absolute atomic E-state index is 0.320. The van der Waals surface area contributed by atoms with E-state index >= 15 is 0 Å². The Labute approximate surface area is 176 Å². The zero-order valence-electron chi connectivity index (χ0n) is 16.3. The van der Waals surface area contributed by atoms with Crippen molar-refractivity contribution in [2.75, 3.05) is 18.5 Å². The van der Waals surface area contributed by atoms with Crippen LogP contribution < -0.4 is 15.4 Å². The first-order valence-electron chi connectivity index (χ1n) is 9.50. The normalized spacial score (nSPS) is 10.9. The van der Waals surface area contributed by atoms with Gasteiger partial charge in [-0.3, -0.25) is 0 Å². The molecular formula is C21H20FN5O2S. The lowest BCUT2D eigenvalue weighted by atomic mass is 10.2. The molecule has 0 unspecified atom stereocenters. The summed E-state index contributed by atoms with van der Waals surface area (Å²) in [5, 5.41) is 12.0. The van der Waals surface area contributed by atoms with Gasteiger partial charge in [0.15, 0.2) is 5.82 Å². The molecule has 0 aliphatic heterocycles. The highest BCUT2D eigenvalue weighted by Gasteiger charge is 2.14. The van der Waals surface area contributed by atoms with Crippen LogP contribution in [0.15, 0.2) is 53.9 Å². The highest BCUT2D eigenvalue weighted by molar-refractivity contribution is 7.15. The van der Waals surface area contributed by atoms with E-state index in [1.807, 2.05) is 24.4 Å². The number of carbonyl (C=O) groups is 1. The number of carbonyl (C=O) groups excluding carboxylic acids is 1. The van der Waals surface area contributed by atoms with Gasteiger partial charge in [0.1, 0.15) is 11.6 Å². The molecule has 0 aliphatic rings. The van der Waals surface area contributed by atoms with Crippen LogP contribution in [0.3, 0.4) is 0 Å². The summed E-state index contributed by atoms with van der Waals surface area (Å²) in [7, 11) is 0. The summed E-state index contributed by atoms with van der Waals surface area (Å²) < 4.78 is 21.2. The van der Waals surface area contributed by atoms with Gasteiger partial charge in [-0.1, -0.05) is 24.3 Å². The lowest BCUT2D eigenvalue weighted by Gasteiger charge is -2.11. The minimum Gasteiger partial charge on any atom is -0.492 e. The predicted molar refractivity (Wildman–Crippen MR) is 115 cm³/mol. The molecule has 2 amide bonds. The summed E-state index contributed by atoms with van der Waals surface area (Å²) in [5.74, 6) is 0.611. The van der Waals surface area contributed by atoms with Crippen LogP contribution in [0.25, 0.3) is 16.3 Å². The lowest BCUT2D eigenvalue weighted by molar-refractivity contribution is 0.252. The number of fused-ring (bicyclic) bond motifs is 1. The van der Waals surface area contributed by atoms with Gasteiger partial charge >= 0.3 is 6.03 Å². The zero-order valence-corrected chi connectivity index (χ0v) is 17.1. The number of thiazole rings is 1. The number of hydrogen-bond donors (Lipinski definition) is 2. The van der Waals surface area contributed by atoms with Crippen molar-refractivity contribution in [3.05, 3.63) is 65.4 Å². The molecule has 2 aromatic carbocycles. The molecule has 9 heteroatoms. The average Bonchev–Trinajstić information content (AvgIpc) is 3.32. The highest BCUT2D eigenvalue weighted by Crippen LogP contribution is 2.24. The summed E-state index contributed by atoms with van der Waals surface area (Å²) in [6.45, 7) is 2.81. The average molecular weight is 425 g/mol. The number of urea groups is 1. The fourth-order valence-electron chi connectivity index (χ4n) is 2.98. The molecule has 2 aromatic heterocycles. The van der Waals surface area contributed by atoms with E-state index in [1.165, 1.54) is 17.4 Å². The number of nitrogens with zero attached hydrogens (tertiary/aromatic N) is 3. The summed E-state index contributed by atoms with van der Waals surface area (Å²) in [5.41, 5.74) is 1.87. The first kappa shape index (κ1) is 19.8. The van der Waals surface area contributed by atoms with Crippen LogP contribution in [-0.4, -0.2) is 33.8 Å². The molecule has 2 N–H and O–H groups in total. The third-order valence-electron chi connectivity index (χ3n) is 4.37. The molecule has 2 heterocycles. The topological polar surface area (TPSA) is 80.5 Å². The monoisotopic (exact) mass is 425 g/mol. The second-order valence-electron chi connectivity index (χ2n) is 6.40. The fraction of sp³-hybridized carbons (Fsp3) is 0.190. The molecule has 0 fully saturated rings. The van der Waals surface area contributed by atoms with Gasteiger partial charge in [0, 0.05) is 18.3 Å². The molecule has 4 rings (SSSR count). The van der Waals surface area contributed by atoms with E-state index in [2.05, 4.69) is 20.7 Å². The first-order valence-corrected chi connectivity index (χ1v) is 10.4. The van der Waals surface area contributed by atoms with Crippen LogP contribution in [-0.2, 0) is 6.42 Å². The first-order chi connectivity index (χ1) is 14.7. The van der Waals surface area contributed by atoms with Gasteiger partial charge in [-0.25, -0.2) is 13.7 Å². The van der Waals surface area contributed by atoms with Gasteiger partial charge in [0.05, 0.1) is 23.6 Å². The maximum absolute atomic E-state index is 14.0. The molecule has 30 heavy (non-hydrogen) atoms. The maximum Gasteiger partial charge on any atom is 0.319 e. The Hall–Kier alpha value is -3.46. The van der Waals surface area contributed by atoms with Gasteiger partial charge in [0.25, 0.3) is 0 Å². The molecule has 0 atom stereocenters. The summed E-state index contributed by atoms with van der Waals surface area (Å²) in [6, 6.07) is 13.4. The summed E-state index contributed by atoms with van der Waals surface area (Å²) in [6.07, 6.45) is 0.556. The van der Waals surface area contributed by atoms with Crippen molar-refractivity contribution in [3.8, 4) is 17.1 Å². The number of rotatable bonds is 7. The van der Waals surface area contributed by atoms with Crippen molar-refractivity contribution in [3.63, 3.8) is 0 Å². The van der Waals surface area contributed by atoms with Crippen molar-refractivity contribution in [1.29, 1.82) is 0 Å². The molecule has 0 saturated heterocycles. The van der Waals surface area contributed by atoms with E-state index in [-0.39, 0.29) is 11.8 Å². The van der Waals surface area contributed by atoms with E-state index < -0.39 is 0 Å². The van der Waals surface area contributed by atoms with Crippen molar-refractivity contribution in [2.24, 2.45) is 0 Å². The maximum atomic E-state index is 14.0. The van der Waals surface area contributed by atoms with E-state index in [4.69, 9.17) is 4.74 Å². The molecule has 0 saturated carbocycles. The van der Waals surface area contributed by atoms with Gasteiger partial charge in [-0.15, -0.1) is 16.4 Å². The quantitative estimate of drug-likeness (QED) is 0.461. The Morgan fingerprint density at radius 3 is 2.83 bits per heavy atom. The number of para-hydroxylation sites is 2. The van der Waals surface area contributed by atoms with Crippen molar-refractivity contribution >= 4 is 28.0 Å². The Morgan fingerprint density at radius 2 is 2.00 bits per heavy atom. The smallest absolute Gasteiger partial charge is 0.319 e. The number of nitrogens with one attached hydrogen (secondary N) is 2. The van der Waals surface area contributed by atoms with Crippen LogP contribution in [0.5, 0.6) is 5.75 Å². The van der Waals surface area contributed by atoms with Crippen LogP contribution in [0.4, 0.5) is 14.9 Å². The number of benzene rings is 2. The van der Waals surface area contributed by atoms with Gasteiger partial charge in [0.2, 0.25) is 4.96 Å². The minimum atomic E-state index is -0.358. The van der Waals surface area contributed by atoms with Crippen LogP contribution >= 0.6 is 11.3 Å². The number of hydrogen-bond acceptors (Lipinski definition) is 5. The Balaban J connectivity index is 1.39. The third-order valence-corrected chi connectivity index (χ3v) is 5.23. The number of aromatic nitrogens is 3. The van der Waals surface area contributed by atoms with E-state index in [9.17, 15) is 9.18 Å². The number of anilines is 1. The van der Waals surface area contributed by atoms with E-state index in [0.717, 1.165) is 5.69 Å². The molecule has 0 bridgehead atoms. The zero-order chi connectivity index (χ0) is 20.9. The predicted octanol–water partition coefficient (Wildman–Crippen LogP) is 4.36. The second kappa shape index (κ2) is 8.91. The Morgan fingerprint density at radius 1 is 1.20 bits per heavy atom.